The number of benzene rings is 1. The van der Waals surface area contributed by atoms with Crippen LogP contribution in [0.25, 0.3) is 0 Å². The van der Waals surface area contributed by atoms with Crippen molar-refractivity contribution in [2.75, 3.05) is 26.3 Å². The number of halogens is 1. The fourth-order valence-corrected chi connectivity index (χ4v) is 2.81. The number of hydrazine groups is 1. The van der Waals surface area contributed by atoms with Crippen LogP contribution in [0.2, 0.25) is 5.02 Å². The van der Waals surface area contributed by atoms with E-state index in [1.807, 2.05) is 12.1 Å². The van der Waals surface area contributed by atoms with Crippen molar-refractivity contribution in [3.05, 3.63) is 34.9 Å². The second-order valence-electron chi connectivity index (χ2n) is 5.15. The first kappa shape index (κ1) is 12.4. The number of nitrogens with one attached hydrogen (secondary N) is 1. The van der Waals surface area contributed by atoms with E-state index in [1.54, 1.807) is 0 Å². The van der Waals surface area contributed by atoms with Gasteiger partial charge >= 0.3 is 0 Å². The van der Waals surface area contributed by atoms with Gasteiger partial charge in [0, 0.05) is 24.2 Å². The number of hydrogen-bond donors (Lipinski definition) is 1. The van der Waals surface area contributed by atoms with E-state index >= 15 is 0 Å². The van der Waals surface area contributed by atoms with Crippen LogP contribution in [0.3, 0.4) is 0 Å². The molecule has 1 aromatic rings. The van der Waals surface area contributed by atoms with Gasteiger partial charge in [-0.25, -0.2) is 5.01 Å². The smallest absolute Gasteiger partial charge is 0.0608 e. The molecule has 0 unspecified atom stereocenters. The van der Waals surface area contributed by atoms with Crippen LogP contribution >= 0.6 is 11.6 Å². The molecule has 1 saturated carbocycles. The monoisotopic (exact) mass is 266 g/mol. The van der Waals surface area contributed by atoms with E-state index in [4.69, 9.17) is 16.3 Å². The summed E-state index contributed by atoms with van der Waals surface area (Å²) < 4.78 is 5.34. The Bertz CT molecular complexity index is 383. The largest absolute Gasteiger partial charge is 0.379 e. The van der Waals surface area contributed by atoms with Crippen molar-refractivity contribution in [2.45, 2.75) is 24.8 Å². The van der Waals surface area contributed by atoms with Gasteiger partial charge in [0.15, 0.2) is 0 Å². The summed E-state index contributed by atoms with van der Waals surface area (Å²) in [5.41, 5.74) is 5.01. The van der Waals surface area contributed by atoms with Crippen LogP contribution in [0.15, 0.2) is 24.3 Å². The Morgan fingerprint density at radius 3 is 2.44 bits per heavy atom. The van der Waals surface area contributed by atoms with Crippen LogP contribution < -0.4 is 5.43 Å². The standard InChI is InChI=1S/C14H19ClN2O/c15-13-3-1-11(2-4-13)12-9-14(10-12)16-17-5-7-18-8-6-17/h1-4,12,14,16H,5-10H2. The summed E-state index contributed by atoms with van der Waals surface area (Å²) in [5.74, 6) is 0.695. The van der Waals surface area contributed by atoms with E-state index < -0.39 is 0 Å². The molecule has 0 spiro atoms. The molecule has 0 amide bonds. The lowest BCUT2D eigenvalue weighted by Gasteiger charge is -2.40. The third-order valence-electron chi connectivity index (χ3n) is 3.86. The minimum atomic E-state index is 0.628. The zero-order valence-corrected chi connectivity index (χ0v) is 11.2. The molecule has 4 heteroatoms. The molecular formula is C14H19ClN2O. The van der Waals surface area contributed by atoms with Gasteiger partial charge in [-0.05, 0) is 36.5 Å². The first-order valence-corrected chi connectivity index (χ1v) is 7.03. The predicted molar refractivity (Wildman–Crippen MR) is 72.7 cm³/mol. The summed E-state index contributed by atoms with van der Waals surface area (Å²) in [7, 11) is 0. The Hall–Kier alpha value is -0.610. The molecule has 1 aliphatic carbocycles. The summed E-state index contributed by atoms with van der Waals surface area (Å²) in [5, 5.41) is 3.12. The zero-order chi connectivity index (χ0) is 12.4. The molecule has 1 aromatic carbocycles. The molecule has 3 rings (SSSR count). The van der Waals surface area contributed by atoms with Gasteiger partial charge in [0.2, 0.25) is 0 Å². The average molecular weight is 267 g/mol. The van der Waals surface area contributed by atoms with Crippen LogP contribution in [0.5, 0.6) is 0 Å². The van der Waals surface area contributed by atoms with Gasteiger partial charge in [0.25, 0.3) is 0 Å². The number of morpholine rings is 1. The highest BCUT2D eigenvalue weighted by Crippen LogP contribution is 2.37. The molecule has 1 aliphatic heterocycles. The first-order chi connectivity index (χ1) is 8.81. The number of rotatable bonds is 3. The number of nitrogens with zero attached hydrogens (tertiary/aromatic N) is 1. The van der Waals surface area contributed by atoms with Crippen LogP contribution in [0.1, 0.15) is 24.3 Å². The summed E-state index contributed by atoms with van der Waals surface area (Å²) >= 11 is 5.90. The zero-order valence-electron chi connectivity index (χ0n) is 10.4. The van der Waals surface area contributed by atoms with E-state index in [9.17, 15) is 0 Å². The lowest BCUT2D eigenvalue weighted by atomic mass is 9.76. The van der Waals surface area contributed by atoms with E-state index in [2.05, 4.69) is 22.6 Å². The summed E-state index contributed by atoms with van der Waals surface area (Å²) in [6, 6.07) is 8.90. The van der Waals surface area contributed by atoms with Crippen LogP contribution in [0, 0.1) is 0 Å². The second kappa shape index (κ2) is 5.57. The van der Waals surface area contributed by atoms with Gasteiger partial charge in [-0.1, -0.05) is 23.7 Å². The Labute approximate surface area is 113 Å². The lowest BCUT2D eigenvalue weighted by molar-refractivity contribution is -0.00620. The molecule has 2 aliphatic rings. The maximum Gasteiger partial charge on any atom is 0.0608 e. The van der Waals surface area contributed by atoms with E-state index in [0.717, 1.165) is 31.3 Å². The summed E-state index contributed by atoms with van der Waals surface area (Å²) in [6.45, 7) is 3.70. The maximum absolute atomic E-state index is 5.90. The molecule has 2 fully saturated rings. The second-order valence-corrected chi connectivity index (χ2v) is 5.58. The Kier molecular flexibility index (Phi) is 3.85. The van der Waals surface area contributed by atoms with E-state index in [0.29, 0.717) is 12.0 Å². The highest BCUT2D eigenvalue weighted by molar-refractivity contribution is 6.30. The third-order valence-corrected chi connectivity index (χ3v) is 4.11. The highest BCUT2D eigenvalue weighted by atomic mass is 35.5. The normalized spacial score (nSPS) is 28.9. The highest BCUT2D eigenvalue weighted by Gasteiger charge is 2.31. The van der Waals surface area contributed by atoms with Gasteiger partial charge in [-0.15, -0.1) is 0 Å². The van der Waals surface area contributed by atoms with Gasteiger partial charge < -0.3 is 4.74 Å². The van der Waals surface area contributed by atoms with Crippen molar-refractivity contribution in [1.29, 1.82) is 0 Å². The average Bonchev–Trinajstić information content (AvgIpc) is 2.36. The summed E-state index contributed by atoms with van der Waals surface area (Å²) in [6.07, 6.45) is 2.44. The third kappa shape index (κ3) is 2.86. The minimum Gasteiger partial charge on any atom is -0.379 e. The first-order valence-electron chi connectivity index (χ1n) is 6.65. The van der Waals surface area contributed by atoms with E-state index in [1.165, 1.54) is 18.4 Å². The van der Waals surface area contributed by atoms with E-state index in [-0.39, 0.29) is 0 Å². The van der Waals surface area contributed by atoms with Crippen molar-refractivity contribution in [3.63, 3.8) is 0 Å². The van der Waals surface area contributed by atoms with Gasteiger partial charge in [-0.2, -0.15) is 0 Å². The molecule has 1 saturated heterocycles. The van der Waals surface area contributed by atoms with Crippen LogP contribution in [-0.4, -0.2) is 37.4 Å². The molecule has 18 heavy (non-hydrogen) atoms. The molecule has 1 N–H and O–H groups in total. The van der Waals surface area contributed by atoms with Crippen molar-refractivity contribution in [2.24, 2.45) is 0 Å². The number of ether oxygens (including phenoxy) is 1. The fourth-order valence-electron chi connectivity index (χ4n) is 2.68. The van der Waals surface area contributed by atoms with Crippen LogP contribution in [0.4, 0.5) is 0 Å². The molecule has 1 heterocycles. The Balaban J connectivity index is 1.46. The topological polar surface area (TPSA) is 24.5 Å². The van der Waals surface area contributed by atoms with Gasteiger partial charge in [-0.3, -0.25) is 5.43 Å². The number of hydrogen-bond acceptors (Lipinski definition) is 3. The molecule has 0 aromatic heterocycles. The molecule has 3 nitrogen and oxygen atoms in total. The molecule has 0 bridgehead atoms. The molecule has 0 atom stereocenters. The summed E-state index contributed by atoms with van der Waals surface area (Å²) in [4.78, 5) is 0. The Morgan fingerprint density at radius 2 is 1.78 bits per heavy atom. The maximum atomic E-state index is 5.90. The molecule has 0 radical (unpaired) electrons. The SMILES string of the molecule is Clc1ccc(C2CC(NN3CCOCC3)C2)cc1. The molecule has 98 valence electrons. The fraction of sp³-hybridized carbons (Fsp3) is 0.571. The minimum absolute atomic E-state index is 0.628. The van der Waals surface area contributed by atoms with Crippen LogP contribution in [-0.2, 0) is 4.74 Å². The Morgan fingerprint density at radius 1 is 1.11 bits per heavy atom. The predicted octanol–water partition coefficient (Wildman–Crippen LogP) is 2.42. The van der Waals surface area contributed by atoms with Gasteiger partial charge in [0.05, 0.1) is 13.2 Å². The van der Waals surface area contributed by atoms with Crippen molar-refractivity contribution < 1.29 is 4.74 Å². The quantitative estimate of drug-likeness (QED) is 0.909. The van der Waals surface area contributed by atoms with Crippen molar-refractivity contribution in [1.82, 2.24) is 10.4 Å². The van der Waals surface area contributed by atoms with Crippen molar-refractivity contribution in [3.8, 4) is 0 Å². The lowest BCUT2D eigenvalue weighted by Crippen LogP contribution is -2.53. The van der Waals surface area contributed by atoms with Gasteiger partial charge in [0.1, 0.15) is 0 Å². The molecular weight excluding hydrogens is 248 g/mol. The van der Waals surface area contributed by atoms with Crippen molar-refractivity contribution >= 4 is 11.6 Å².